The molecule has 0 aliphatic carbocycles. The maximum Gasteiger partial charge on any atom is 0.243 e. The molecule has 31 heavy (non-hydrogen) atoms. The summed E-state index contributed by atoms with van der Waals surface area (Å²) < 4.78 is 53.3. The van der Waals surface area contributed by atoms with Gasteiger partial charge in [0.1, 0.15) is 0 Å². The second-order valence-electron chi connectivity index (χ2n) is 7.28. The number of nitrogens with zero attached hydrogens (tertiary/aromatic N) is 4. The fourth-order valence-corrected chi connectivity index (χ4v) is 5.03. The molecule has 7 nitrogen and oxygen atoms in total. The van der Waals surface area contributed by atoms with Crippen LogP contribution < -0.4 is 0 Å². The molecule has 1 aliphatic heterocycles. The van der Waals surface area contributed by atoms with E-state index in [1.165, 1.54) is 4.31 Å². The molecule has 0 radical (unpaired) electrons. The van der Waals surface area contributed by atoms with Crippen molar-refractivity contribution in [2.24, 2.45) is 5.92 Å². The fourth-order valence-electron chi connectivity index (χ4n) is 3.55. The minimum atomic E-state index is -3.98. The summed E-state index contributed by atoms with van der Waals surface area (Å²) in [4.78, 5) is 18.4. The third kappa shape index (κ3) is 5.42. The Morgan fingerprint density at radius 1 is 1.23 bits per heavy atom. The van der Waals surface area contributed by atoms with Crippen molar-refractivity contribution in [3.63, 3.8) is 0 Å². The molecule has 164 valence electrons. The maximum absolute atomic E-state index is 13.5. The number of amides is 1. The highest BCUT2D eigenvalue weighted by atomic mass is 32.2. The van der Waals surface area contributed by atoms with E-state index >= 15 is 0 Å². The number of carbonyl (C=O) groups is 1. The number of pyridine rings is 1. The van der Waals surface area contributed by atoms with Gasteiger partial charge in [-0.2, -0.15) is 9.57 Å². The average Bonchev–Trinajstić information content (AvgIpc) is 2.78. The zero-order valence-corrected chi connectivity index (χ0v) is 17.6. The molecular formula is C21H22F2N4O3S. The van der Waals surface area contributed by atoms with E-state index in [0.29, 0.717) is 25.5 Å². The van der Waals surface area contributed by atoms with Crippen molar-refractivity contribution < 1.29 is 22.0 Å². The van der Waals surface area contributed by atoms with Crippen molar-refractivity contribution in [2.45, 2.75) is 30.7 Å². The fraction of sp³-hybridized carbons (Fsp3) is 0.381. The highest BCUT2D eigenvalue weighted by Gasteiger charge is 2.34. The van der Waals surface area contributed by atoms with Crippen LogP contribution in [-0.4, -0.2) is 48.1 Å². The zero-order valence-electron chi connectivity index (χ0n) is 16.7. The van der Waals surface area contributed by atoms with Gasteiger partial charge in [-0.15, -0.1) is 0 Å². The van der Waals surface area contributed by atoms with E-state index in [9.17, 15) is 22.0 Å². The van der Waals surface area contributed by atoms with E-state index < -0.39 is 21.7 Å². The maximum atomic E-state index is 13.5. The van der Waals surface area contributed by atoms with E-state index in [4.69, 9.17) is 5.26 Å². The molecule has 1 fully saturated rings. The second kappa shape index (κ2) is 9.94. The third-order valence-corrected chi connectivity index (χ3v) is 7.13. The smallest absolute Gasteiger partial charge is 0.243 e. The minimum Gasteiger partial charge on any atom is -0.337 e. The minimum absolute atomic E-state index is 0.0940. The van der Waals surface area contributed by atoms with E-state index in [1.54, 1.807) is 23.4 Å². The van der Waals surface area contributed by atoms with E-state index in [-0.39, 0.29) is 42.8 Å². The molecule has 0 spiro atoms. The van der Waals surface area contributed by atoms with Crippen LogP contribution in [0.1, 0.15) is 24.8 Å². The van der Waals surface area contributed by atoms with Gasteiger partial charge in [0.25, 0.3) is 0 Å². The Kier molecular flexibility index (Phi) is 7.30. The lowest BCUT2D eigenvalue weighted by molar-refractivity contribution is -0.137. The highest BCUT2D eigenvalue weighted by molar-refractivity contribution is 7.89. The van der Waals surface area contributed by atoms with Gasteiger partial charge in [0.15, 0.2) is 11.6 Å². The normalized spacial score (nSPS) is 15.4. The Morgan fingerprint density at radius 3 is 2.58 bits per heavy atom. The van der Waals surface area contributed by atoms with Crippen molar-refractivity contribution in [1.29, 1.82) is 5.26 Å². The Balaban J connectivity index is 1.67. The summed E-state index contributed by atoms with van der Waals surface area (Å²) in [5.41, 5.74) is 0.840. The second-order valence-corrected chi connectivity index (χ2v) is 9.22. The summed E-state index contributed by atoms with van der Waals surface area (Å²) in [6.45, 7) is 0.784. The molecule has 3 rings (SSSR count). The number of carbonyl (C=O) groups excluding carboxylic acids is 1. The van der Waals surface area contributed by atoms with Gasteiger partial charge >= 0.3 is 0 Å². The number of rotatable bonds is 7. The molecule has 1 aromatic carbocycles. The predicted octanol–water partition coefficient (Wildman–Crippen LogP) is 2.70. The monoisotopic (exact) mass is 448 g/mol. The van der Waals surface area contributed by atoms with Crippen molar-refractivity contribution in [3.05, 3.63) is 59.9 Å². The van der Waals surface area contributed by atoms with Gasteiger partial charge in [-0.3, -0.25) is 9.78 Å². The van der Waals surface area contributed by atoms with Crippen LogP contribution in [0.25, 0.3) is 0 Å². The molecule has 1 amide bonds. The lowest BCUT2D eigenvalue weighted by Gasteiger charge is -2.33. The van der Waals surface area contributed by atoms with Crippen LogP contribution in [0.4, 0.5) is 8.78 Å². The number of nitriles is 1. The van der Waals surface area contributed by atoms with Gasteiger partial charge in [-0.25, -0.2) is 17.2 Å². The van der Waals surface area contributed by atoms with Crippen LogP contribution in [0.5, 0.6) is 0 Å². The van der Waals surface area contributed by atoms with Crippen LogP contribution in [0.2, 0.25) is 0 Å². The van der Waals surface area contributed by atoms with Crippen molar-refractivity contribution in [1.82, 2.24) is 14.2 Å². The topological polar surface area (TPSA) is 94.4 Å². The summed E-state index contributed by atoms with van der Waals surface area (Å²) in [5.74, 6) is -2.86. The first kappa shape index (κ1) is 22.8. The average molecular weight is 448 g/mol. The van der Waals surface area contributed by atoms with E-state index in [0.717, 1.165) is 17.7 Å². The summed E-state index contributed by atoms with van der Waals surface area (Å²) in [5, 5.41) is 8.92. The Bertz CT molecular complexity index is 1070. The van der Waals surface area contributed by atoms with Gasteiger partial charge in [-0.05, 0) is 42.7 Å². The van der Waals surface area contributed by atoms with Gasteiger partial charge < -0.3 is 4.90 Å². The molecule has 0 N–H and O–H groups in total. The molecule has 0 unspecified atom stereocenters. The summed E-state index contributed by atoms with van der Waals surface area (Å²) in [6, 6.07) is 8.13. The predicted molar refractivity (Wildman–Crippen MR) is 108 cm³/mol. The quantitative estimate of drug-likeness (QED) is 0.649. The molecular weight excluding hydrogens is 426 g/mol. The molecule has 0 atom stereocenters. The Morgan fingerprint density at radius 2 is 1.97 bits per heavy atom. The molecule has 2 heterocycles. The van der Waals surface area contributed by atoms with E-state index in [1.807, 2.05) is 12.1 Å². The lowest BCUT2D eigenvalue weighted by Crippen LogP contribution is -2.44. The number of aromatic nitrogens is 1. The first-order valence-corrected chi connectivity index (χ1v) is 11.3. The number of benzene rings is 1. The molecule has 0 saturated carbocycles. The largest absolute Gasteiger partial charge is 0.337 e. The van der Waals surface area contributed by atoms with Crippen LogP contribution in [0.15, 0.2) is 47.6 Å². The van der Waals surface area contributed by atoms with Gasteiger partial charge in [0.05, 0.1) is 17.4 Å². The first-order chi connectivity index (χ1) is 14.8. The molecule has 1 aromatic heterocycles. The van der Waals surface area contributed by atoms with Crippen molar-refractivity contribution >= 4 is 15.9 Å². The van der Waals surface area contributed by atoms with Crippen LogP contribution in [-0.2, 0) is 21.4 Å². The number of hydrogen-bond donors (Lipinski definition) is 0. The highest BCUT2D eigenvalue weighted by Crippen LogP contribution is 2.26. The van der Waals surface area contributed by atoms with Gasteiger partial charge in [0.2, 0.25) is 15.9 Å². The summed E-state index contributed by atoms with van der Waals surface area (Å²) >= 11 is 0. The lowest BCUT2D eigenvalue weighted by atomic mass is 9.96. The van der Waals surface area contributed by atoms with E-state index in [2.05, 4.69) is 4.98 Å². The third-order valence-electron chi connectivity index (χ3n) is 5.23. The van der Waals surface area contributed by atoms with Gasteiger partial charge in [0, 0.05) is 44.5 Å². The van der Waals surface area contributed by atoms with Gasteiger partial charge in [-0.1, -0.05) is 6.07 Å². The molecule has 0 bridgehead atoms. The zero-order chi connectivity index (χ0) is 22.4. The first-order valence-electron chi connectivity index (χ1n) is 9.82. The standard InChI is InChI=1S/C21H22F2N4O3S/c22-19-5-4-18(13-20(19)23)31(29,30)27-11-6-17(7-12-27)21(28)26(10-2-8-24)15-16-3-1-9-25-14-16/h1,3-5,9,13-14,17H,2,6-7,10-12,15H2. The molecule has 2 aromatic rings. The van der Waals surface area contributed by atoms with Crippen molar-refractivity contribution in [2.75, 3.05) is 19.6 Å². The summed E-state index contributed by atoms with van der Waals surface area (Å²) in [7, 11) is -3.98. The number of piperidine rings is 1. The molecule has 1 aliphatic rings. The van der Waals surface area contributed by atoms with Crippen LogP contribution >= 0.6 is 0 Å². The number of hydrogen-bond acceptors (Lipinski definition) is 5. The van der Waals surface area contributed by atoms with Crippen molar-refractivity contribution in [3.8, 4) is 6.07 Å². The Labute approximate surface area is 180 Å². The molecule has 1 saturated heterocycles. The number of sulfonamides is 1. The SMILES string of the molecule is N#CCCN(Cc1cccnc1)C(=O)C1CCN(S(=O)(=O)c2ccc(F)c(F)c2)CC1. The summed E-state index contributed by atoms with van der Waals surface area (Å²) in [6.07, 6.45) is 4.09. The van der Waals surface area contributed by atoms with Crippen LogP contribution in [0, 0.1) is 28.9 Å². The Hall–Kier alpha value is -2.90. The molecule has 10 heteroatoms. The van der Waals surface area contributed by atoms with Crippen LogP contribution in [0.3, 0.4) is 0 Å². The number of halogens is 2.